The molecule has 5 nitrogen and oxygen atoms in total. The quantitative estimate of drug-likeness (QED) is 0.763. The Balaban J connectivity index is 1.67. The molecule has 2 fully saturated rings. The molecule has 5 heteroatoms. The van der Waals surface area contributed by atoms with Crippen LogP contribution in [0.2, 0.25) is 0 Å². The average molecular weight is 325 g/mol. The first kappa shape index (κ1) is 18.5. The van der Waals surface area contributed by atoms with Crippen LogP contribution in [-0.2, 0) is 4.74 Å². The van der Waals surface area contributed by atoms with Crippen molar-refractivity contribution in [1.82, 2.24) is 15.1 Å². The van der Waals surface area contributed by atoms with Crippen LogP contribution in [0.4, 0.5) is 4.79 Å². The first-order valence-electron chi connectivity index (χ1n) is 9.27. The molecule has 1 saturated heterocycles. The topological polar surface area (TPSA) is 44.8 Å². The van der Waals surface area contributed by atoms with Crippen molar-refractivity contribution in [2.24, 2.45) is 0 Å². The summed E-state index contributed by atoms with van der Waals surface area (Å²) in [5, 5.41) is 3.68. The highest BCUT2D eigenvalue weighted by Gasteiger charge is 2.34. The Kier molecular flexibility index (Phi) is 6.72. The zero-order valence-electron chi connectivity index (χ0n) is 15.4. The molecule has 134 valence electrons. The highest BCUT2D eigenvalue weighted by Crippen LogP contribution is 2.28. The zero-order valence-corrected chi connectivity index (χ0v) is 15.4. The Morgan fingerprint density at radius 3 is 2.61 bits per heavy atom. The lowest BCUT2D eigenvalue weighted by molar-refractivity contribution is 0.0231. The fourth-order valence-corrected chi connectivity index (χ4v) is 3.13. The van der Waals surface area contributed by atoms with E-state index in [9.17, 15) is 4.79 Å². The second-order valence-corrected chi connectivity index (χ2v) is 8.14. The molecule has 0 spiro atoms. The van der Waals surface area contributed by atoms with Crippen LogP contribution in [0.15, 0.2) is 0 Å². The van der Waals surface area contributed by atoms with Gasteiger partial charge in [0.1, 0.15) is 5.60 Å². The van der Waals surface area contributed by atoms with Gasteiger partial charge in [-0.25, -0.2) is 4.79 Å². The Labute approximate surface area is 141 Å². The predicted octanol–water partition coefficient (Wildman–Crippen LogP) is 2.85. The molecule has 1 aliphatic heterocycles. The summed E-state index contributed by atoms with van der Waals surface area (Å²) < 4.78 is 5.54. The molecule has 2 rings (SSSR count). The van der Waals surface area contributed by atoms with Gasteiger partial charge in [-0.3, -0.25) is 0 Å². The third-order valence-electron chi connectivity index (χ3n) is 4.58. The number of likely N-dealkylation sites (tertiary alicyclic amines) is 1. The number of hydrogen-bond acceptors (Lipinski definition) is 4. The van der Waals surface area contributed by atoms with E-state index in [0.29, 0.717) is 12.1 Å². The van der Waals surface area contributed by atoms with Crippen molar-refractivity contribution in [1.29, 1.82) is 0 Å². The van der Waals surface area contributed by atoms with Gasteiger partial charge in [0.25, 0.3) is 0 Å². The molecule has 1 N–H and O–H groups in total. The molecule has 1 aliphatic carbocycles. The molecule has 0 aromatic heterocycles. The van der Waals surface area contributed by atoms with Crippen LogP contribution in [0.3, 0.4) is 0 Å². The van der Waals surface area contributed by atoms with Crippen LogP contribution in [0.5, 0.6) is 0 Å². The number of carbonyl (C=O) groups is 1. The van der Waals surface area contributed by atoms with E-state index >= 15 is 0 Å². The van der Waals surface area contributed by atoms with E-state index < -0.39 is 5.60 Å². The summed E-state index contributed by atoms with van der Waals surface area (Å²) in [4.78, 5) is 16.6. The van der Waals surface area contributed by atoms with Crippen molar-refractivity contribution >= 4 is 6.09 Å². The largest absolute Gasteiger partial charge is 0.444 e. The maximum Gasteiger partial charge on any atom is 0.410 e. The highest BCUT2D eigenvalue weighted by atomic mass is 16.6. The summed E-state index contributed by atoms with van der Waals surface area (Å²) in [6.07, 6.45) is 6.89. The maximum absolute atomic E-state index is 12.3. The van der Waals surface area contributed by atoms with E-state index in [1.165, 1.54) is 32.4 Å². The number of hydrogen-bond donors (Lipinski definition) is 1. The van der Waals surface area contributed by atoms with Crippen molar-refractivity contribution in [3.63, 3.8) is 0 Å². The van der Waals surface area contributed by atoms with Crippen LogP contribution < -0.4 is 5.32 Å². The molecule has 0 bridgehead atoms. The van der Waals surface area contributed by atoms with Crippen molar-refractivity contribution in [3.05, 3.63) is 0 Å². The highest BCUT2D eigenvalue weighted by molar-refractivity contribution is 5.69. The fourth-order valence-electron chi connectivity index (χ4n) is 3.13. The third kappa shape index (κ3) is 7.08. The second-order valence-electron chi connectivity index (χ2n) is 8.14. The van der Waals surface area contributed by atoms with Gasteiger partial charge in [-0.1, -0.05) is 0 Å². The number of amides is 1. The van der Waals surface area contributed by atoms with Crippen molar-refractivity contribution in [2.45, 2.75) is 77.0 Å². The first-order chi connectivity index (χ1) is 10.8. The van der Waals surface area contributed by atoms with Crippen LogP contribution in [0, 0.1) is 0 Å². The molecule has 0 aromatic carbocycles. The Bertz CT molecular complexity index is 377. The molecule has 1 unspecified atom stereocenters. The number of carbonyl (C=O) groups excluding carboxylic acids is 1. The van der Waals surface area contributed by atoms with Crippen molar-refractivity contribution < 1.29 is 9.53 Å². The first-order valence-corrected chi connectivity index (χ1v) is 9.27. The van der Waals surface area contributed by atoms with E-state index in [-0.39, 0.29) is 6.09 Å². The lowest BCUT2D eigenvalue weighted by atomic mass is 10.1. The molecule has 0 radical (unpaired) electrons. The lowest BCUT2D eigenvalue weighted by Crippen LogP contribution is -2.40. The predicted molar refractivity (Wildman–Crippen MR) is 93.7 cm³/mol. The number of ether oxygens (including phenoxy) is 1. The van der Waals surface area contributed by atoms with Crippen LogP contribution in [-0.4, -0.2) is 66.8 Å². The van der Waals surface area contributed by atoms with Crippen molar-refractivity contribution in [3.8, 4) is 0 Å². The number of nitrogens with one attached hydrogen (secondary N) is 1. The molecule has 1 saturated carbocycles. The summed E-state index contributed by atoms with van der Waals surface area (Å²) in [7, 11) is 2.21. The second kappa shape index (κ2) is 8.34. The molecule has 23 heavy (non-hydrogen) atoms. The molecule has 0 aromatic rings. The van der Waals surface area contributed by atoms with Crippen LogP contribution in [0.1, 0.15) is 59.3 Å². The van der Waals surface area contributed by atoms with Crippen LogP contribution >= 0.6 is 0 Å². The van der Waals surface area contributed by atoms with E-state index in [0.717, 1.165) is 32.4 Å². The summed E-state index contributed by atoms with van der Waals surface area (Å²) in [5.74, 6) is 0. The SMILES string of the molecule is CN1CCCC(NCCCN(C(=O)OC(C)(C)C)C2CC2)CC1. The minimum Gasteiger partial charge on any atom is -0.444 e. The van der Waals surface area contributed by atoms with E-state index in [1.54, 1.807) is 0 Å². The molecular weight excluding hydrogens is 290 g/mol. The van der Waals surface area contributed by atoms with Gasteiger partial charge in [0, 0.05) is 18.6 Å². The standard InChI is InChI=1S/C18H35N3O2/c1-18(2,3)23-17(22)21(16-8-9-16)13-6-11-19-15-7-5-12-20(4)14-10-15/h15-16,19H,5-14H2,1-4H3. The Morgan fingerprint density at radius 2 is 1.96 bits per heavy atom. The van der Waals surface area contributed by atoms with Gasteiger partial charge in [-0.05, 0) is 86.0 Å². The van der Waals surface area contributed by atoms with Gasteiger partial charge in [0.15, 0.2) is 0 Å². The monoisotopic (exact) mass is 325 g/mol. The summed E-state index contributed by atoms with van der Waals surface area (Å²) in [6, 6.07) is 1.05. The maximum atomic E-state index is 12.3. The smallest absolute Gasteiger partial charge is 0.410 e. The van der Waals surface area contributed by atoms with Gasteiger partial charge >= 0.3 is 6.09 Å². The van der Waals surface area contributed by atoms with Gasteiger partial charge in [-0.2, -0.15) is 0 Å². The molecule has 2 aliphatic rings. The number of nitrogens with zero attached hydrogens (tertiary/aromatic N) is 2. The Morgan fingerprint density at radius 1 is 1.22 bits per heavy atom. The fraction of sp³-hybridized carbons (Fsp3) is 0.944. The summed E-state index contributed by atoms with van der Waals surface area (Å²) in [6.45, 7) is 9.98. The normalized spacial score (nSPS) is 23.4. The zero-order chi connectivity index (χ0) is 16.9. The molecule has 1 heterocycles. The van der Waals surface area contributed by atoms with Crippen LogP contribution in [0.25, 0.3) is 0 Å². The average Bonchev–Trinajstić information content (AvgIpc) is 3.26. The van der Waals surface area contributed by atoms with E-state index in [4.69, 9.17) is 4.74 Å². The van der Waals surface area contributed by atoms with Crippen molar-refractivity contribution in [2.75, 3.05) is 33.2 Å². The Hall–Kier alpha value is -0.810. The lowest BCUT2D eigenvalue weighted by Gasteiger charge is -2.27. The van der Waals surface area contributed by atoms with E-state index in [1.807, 2.05) is 25.7 Å². The summed E-state index contributed by atoms with van der Waals surface area (Å²) in [5.41, 5.74) is -0.408. The molecule has 1 atom stereocenters. The van der Waals surface area contributed by atoms with E-state index in [2.05, 4.69) is 17.3 Å². The molecular formula is C18H35N3O2. The minimum absolute atomic E-state index is 0.143. The van der Waals surface area contributed by atoms with Gasteiger partial charge < -0.3 is 19.9 Å². The minimum atomic E-state index is -0.408. The van der Waals surface area contributed by atoms with Gasteiger partial charge in [-0.15, -0.1) is 0 Å². The van der Waals surface area contributed by atoms with Gasteiger partial charge in [0.05, 0.1) is 0 Å². The third-order valence-corrected chi connectivity index (χ3v) is 4.58. The van der Waals surface area contributed by atoms with Gasteiger partial charge in [0.2, 0.25) is 0 Å². The number of rotatable bonds is 6. The molecule has 1 amide bonds. The summed E-state index contributed by atoms with van der Waals surface area (Å²) >= 11 is 0.